The maximum atomic E-state index is 13.5. The van der Waals surface area contributed by atoms with E-state index in [4.69, 9.17) is 4.74 Å². The van der Waals surface area contributed by atoms with Crippen LogP contribution in [0.5, 0.6) is 0 Å². The molecule has 2 unspecified atom stereocenters. The van der Waals surface area contributed by atoms with Crippen LogP contribution in [0, 0.1) is 0 Å². The predicted octanol–water partition coefficient (Wildman–Crippen LogP) is 3.62. The Morgan fingerprint density at radius 3 is 2.70 bits per heavy atom. The van der Waals surface area contributed by atoms with Crippen molar-refractivity contribution in [2.75, 3.05) is 32.8 Å². The fourth-order valence-electron chi connectivity index (χ4n) is 5.83. The van der Waals surface area contributed by atoms with Crippen LogP contribution in [0.25, 0.3) is 11.0 Å². The number of nitrogens with one attached hydrogen (secondary N) is 1. The summed E-state index contributed by atoms with van der Waals surface area (Å²) in [6.45, 7) is 3.32. The third kappa shape index (κ3) is 3.60. The number of imidazole rings is 1. The van der Waals surface area contributed by atoms with Crippen molar-refractivity contribution in [1.82, 2.24) is 19.8 Å². The van der Waals surface area contributed by atoms with Gasteiger partial charge in [-0.2, -0.15) is 0 Å². The van der Waals surface area contributed by atoms with Gasteiger partial charge in [0, 0.05) is 44.1 Å². The lowest BCUT2D eigenvalue weighted by Gasteiger charge is -2.45. The Bertz CT molecular complexity index is 1220. The van der Waals surface area contributed by atoms with E-state index in [1.165, 1.54) is 11.1 Å². The number of aryl methyl sites for hydroxylation is 1. The number of fused-ring (bicyclic) bond motifs is 4. The number of likely N-dealkylation sites (tertiary alicyclic amines) is 1. The minimum atomic E-state index is 0. The fraction of sp³-hybridized carbons (Fsp3) is 0.423. The van der Waals surface area contributed by atoms with E-state index in [2.05, 4.69) is 27.0 Å². The van der Waals surface area contributed by atoms with E-state index in [0.717, 1.165) is 48.8 Å². The molecule has 2 fully saturated rings. The summed E-state index contributed by atoms with van der Waals surface area (Å²) in [6.07, 6.45) is 5.56. The number of piperidine rings is 1. The first-order valence-corrected chi connectivity index (χ1v) is 11.9. The largest absolute Gasteiger partial charge is 0.378 e. The number of aromatic amines is 1. The van der Waals surface area contributed by atoms with Gasteiger partial charge in [-0.3, -0.25) is 9.59 Å². The Labute approximate surface area is 194 Å². The highest BCUT2D eigenvalue weighted by atomic mass is 16.5. The summed E-state index contributed by atoms with van der Waals surface area (Å²) < 4.78 is 5.38. The molecular weight excluding hydrogens is 416 g/mol. The van der Waals surface area contributed by atoms with Crippen LogP contribution in [-0.4, -0.2) is 70.5 Å². The Kier molecular flexibility index (Phi) is 5.14. The molecule has 2 atom stereocenters. The Hall–Kier alpha value is -3.19. The number of rotatable bonds is 2. The van der Waals surface area contributed by atoms with Crippen LogP contribution >= 0.6 is 0 Å². The van der Waals surface area contributed by atoms with Crippen LogP contribution in [0.1, 0.15) is 58.4 Å². The first-order valence-electron chi connectivity index (χ1n) is 11.9. The molecule has 3 heterocycles. The number of morpholine rings is 1. The molecule has 172 valence electrons. The first-order chi connectivity index (χ1) is 16.2. The number of carbonyl (C=O) groups excluding carboxylic acids is 2. The van der Waals surface area contributed by atoms with Crippen molar-refractivity contribution in [3.63, 3.8) is 0 Å². The van der Waals surface area contributed by atoms with Gasteiger partial charge in [0.25, 0.3) is 11.8 Å². The minimum absolute atomic E-state index is 0. The average molecular weight is 447 g/mol. The second-order valence-electron chi connectivity index (χ2n) is 9.31. The van der Waals surface area contributed by atoms with Gasteiger partial charge >= 0.3 is 0 Å². The van der Waals surface area contributed by atoms with Gasteiger partial charge in [-0.05, 0) is 67.1 Å². The van der Waals surface area contributed by atoms with Gasteiger partial charge in [0.05, 0.1) is 30.6 Å². The van der Waals surface area contributed by atoms with E-state index >= 15 is 0 Å². The number of benzene rings is 2. The molecule has 33 heavy (non-hydrogen) atoms. The molecule has 7 heteroatoms. The third-order valence-corrected chi connectivity index (χ3v) is 7.50. The molecule has 2 aromatic carbocycles. The van der Waals surface area contributed by atoms with Gasteiger partial charge in [0.15, 0.2) is 0 Å². The molecule has 6 rings (SSSR count). The lowest BCUT2D eigenvalue weighted by Crippen LogP contribution is -2.49. The molecule has 0 saturated carbocycles. The van der Waals surface area contributed by atoms with Crippen LogP contribution in [0.4, 0.5) is 0 Å². The summed E-state index contributed by atoms with van der Waals surface area (Å²) in [5, 5.41) is 0. The van der Waals surface area contributed by atoms with Crippen molar-refractivity contribution in [2.45, 2.75) is 37.6 Å². The number of nitrogens with zero attached hydrogens (tertiary/aromatic N) is 3. The van der Waals surface area contributed by atoms with E-state index in [0.29, 0.717) is 37.8 Å². The average Bonchev–Trinajstić information content (AvgIpc) is 3.35. The molecule has 1 aliphatic carbocycles. The van der Waals surface area contributed by atoms with Crippen LogP contribution in [0.2, 0.25) is 0 Å². The number of hydrogen-bond acceptors (Lipinski definition) is 4. The fourth-order valence-corrected chi connectivity index (χ4v) is 5.83. The molecule has 7 nitrogen and oxygen atoms in total. The highest BCUT2D eigenvalue weighted by Crippen LogP contribution is 2.41. The van der Waals surface area contributed by atoms with Crippen molar-refractivity contribution in [3.8, 4) is 0 Å². The lowest BCUT2D eigenvalue weighted by atomic mass is 9.73. The molecule has 2 saturated heterocycles. The maximum Gasteiger partial charge on any atom is 0.254 e. The predicted molar refractivity (Wildman–Crippen MR) is 126 cm³/mol. The number of H-pyrrole nitrogens is 1. The van der Waals surface area contributed by atoms with Crippen LogP contribution < -0.4 is 0 Å². The summed E-state index contributed by atoms with van der Waals surface area (Å²) in [5.74, 6) is 0.525. The molecule has 1 N–H and O–H groups in total. The van der Waals surface area contributed by atoms with Gasteiger partial charge in [0.2, 0.25) is 0 Å². The number of ether oxygens (including phenoxy) is 1. The monoisotopic (exact) mass is 446 g/mol. The normalized spacial score (nSPS) is 22.7. The molecule has 3 aromatic rings. The van der Waals surface area contributed by atoms with Gasteiger partial charge in [0.1, 0.15) is 0 Å². The van der Waals surface area contributed by atoms with Gasteiger partial charge < -0.3 is 19.5 Å². The Morgan fingerprint density at radius 1 is 1.00 bits per heavy atom. The van der Waals surface area contributed by atoms with Gasteiger partial charge in [-0.1, -0.05) is 6.07 Å². The van der Waals surface area contributed by atoms with Crippen molar-refractivity contribution < 1.29 is 15.8 Å². The van der Waals surface area contributed by atoms with Crippen molar-refractivity contribution in [1.29, 1.82) is 0 Å². The number of carbonyl (C=O) groups is 2. The molecule has 2 amide bonds. The zero-order valence-corrected chi connectivity index (χ0v) is 18.6. The molecule has 0 spiro atoms. The maximum absolute atomic E-state index is 13.5. The molecule has 3 aliphatic rings. The lowest BCUT2D eigenvalue weighted by molar-refractivity contribution is 0.0303. The van der Waals surface area contributed by atoms with Crippen LogP contribution in [0.15, 0.2) is 42.7 Å². The highest BCUT2D eigenvalue weighted by Gasteiger charge is 2.39. The first kappa shape index (κ1) is 20.4. The molecule has 0 radical (unpaired) electrons. The van der Waals surface area contributed by atoms with Crippen molar-refractivity contribution >= 4 is 22.8 Å². The summed E-state index contributed by atoms with van der Waals surface area (Å²) in [5.41, 5.74) is 5.82. The summed E-state index contributed by atoms with van der Waals surface area (Å²) in [7, 11) is 0. The summed E-state index contributed by atoms with van der Waals surface area (Å²) in [6, 6.07) is 12.1. The minimum Gasteiger partial charge on any atom is -0.378 e. The Balaban J connectivity index is 0.00000241. The topological polar surface area (TPSA) is 78.5 Å². The van der Waals surface area contributed by atoms with Crippen LogP contribution in [-0.2, 0) is 11.2 Å². The SMILES string of the molecule is O=C(c1ccc2c(c1)CCC1C2CCCN1C(=O)c1ccc2nc[nH]c2c1)N1CCOCC1.[HH]. The number of amides is 2. The standard InChI is InChI=1S/C26H28N4O3.H2/c31-25(29-10-12-33-13-11-29)18-3-6-20-17(14-18)5-8-24-21(20)2-1-9-30(24)26(32)19-4-7-22-23(15-19)28-16-27-22;/h3-4,6-7,14-16,21,24H,1-2,5,8-13H2,(H,27,28);1H. The number of aromatic nitrogens is 2. The quantitative estimate of drug-likeness (QED) is 0.652. The molecule has 1 aromatic heterocycles. The third-order valence-electron chi connectivity index (χ3n) is 7.50. The van der Waals surface area contributed by atoms with Gasteiger partial charge in [-0.15, -0.1) is 0 Å². The van der Waals surface area contributed by atoms with Gasteiger partial charge in [-0.25, -0.2) is 4.98 Å². The Morgan fingerprint density at radius 2 is 1.82 bits per heavy atom. The van der Waals surface area contributed by atoms with E-state index in [1.54, 1.807) is 6.33 Å². The second-order valence-corrected chi connectivity index (χ2v) is 9.31. The van der Waals surface area contributed by atoms with E-state index in [1.807, 2.05) is 29.2 Å². The van der Waals surface area contributed by atoms with Crippen molar-refractivity contribution in [2.24, 2.45) is 0 Å². The molecule has 2 aliphatic heterocycles. The number of hydrogen-bond donors (Lipinski definition) is 1. The summed E-state index contributed by atoms with van der Waals surface area (Å²) in [4.78, 5) is 37.8. The zero-order chi connectivity index (χ0) is 22.4. The smallest absolute Gasteiger partial charge is 0.254 e. The van der Waals surface area contributed by atoms with Crippen molar-refractivity contribution in [3.05, 3.63) is 65.0 Å². The van der Waals surface area contributed by atoms with E-state index in [-0.39, 0.29) is 19.3 Å². The summed E-state index contributed by atoms with van der Waals surface area (Å²) >= 11 is 0. The molecular formula is C26H30N4O3. The second kappa shape index (κ2) is 8.30. The highest BCUT2D eigenvalue weighted by molar-refractivity contribution is 5.98. The van der Waals surface area contributed by atoms with E-state index in [9.17, 15) is 9.59 Å². The molecule has 0 bridgehead atoms. The zero-order valence-electron chi connectivity index (χ0n) is 18.6. The van der Waals surface area contributed by atoms with Crippen LogP contribution in [0.3, 0.4) is 0 Å². The van der Waals surface area contributed by atoms with E-state index < -0.39 is 0 Å².